The van der Waals surface area contributed by atoms with Crippen LogP contribution >= 0.6 is 11.3 Å². The van der Waals surface area contributed by atoms with Gasteiger partial charge in [0.05, 0.1) is 36.2 Å². The molecular weight excluding hydrogens is 486 g/mol. The number of benzene rings is 5. The molecule has 0 N–H and O–H groups in total. The fraction of sp³-hybridized carbons (Fsp3) is 0.176. The molecule has 0 bridgehead atoms. The van der Waals surface area contributed by atoms with Crippen molar-refractivity contribution < 1.29 is 9.47 Å². The number of rotatable bonds is 2. The fourth-order valence-electron chi connectivity index (χ4n) is 6.29. The summed E-state index contributed by atoms with van der Waals surface area (Å²) < 4.78 is 16.4. The van der Waals surface area contributed by atoms with E-state index in [1.54, 1.807) is 14.2 Å². The number of methoxy groups -OCH3 is 2. The van der Waals surface area contributed by atoms with E-state index in [0.717, 1.165) is 11.5 Å². The number of thiophene rings is 1. The van der Waals surface area contributed by atoms with Crippen LogP contribution in [0.4, 0.5) is 0 Å². The first-order valence-electron chi connectivity index (χ1n) is 13.0. The topological polar surface area (TPSA) is 22.9 Å². The molecular formula is C34H27NO2S. The van der Waals surface area contributed by atoms with Crippen LogP contribution in [0.15, 0.2) is 72.8 Å². The number of fused-ring (bicyclic) bond motifs is 10. The number of aromatic nitrogens is 1. The zero-order chi connectivity index (χ0) is 25.9. The Morgan fingerprint density at radius 1 is 0.632 bits per heavy atom. The molecule has 3 heterocycles. The molecule has 0 amide bonds. The highest BCUT2D eigenvalue weighted by Crippen LogP contribution is 2.46. The van der Waals surface area contributed by atoms with Gasteiger partial charge in [-0.3, -0.25) is 0 Å². The Hall–Kier alpha value is -4.02. The smallest absolute Gasteiger partial charge is 0.128 e. The van der Waals surface area contributed by atoms with Crippen LogP contribution in [0.5, 0.6) is 11.5 Å². The number of nitrogens with zero attached hydrogens (tertiary/aromatic N) is 1. The summed E-state index contributed by atoms with van der Waals surface area (Å²) in [6.07, 6.45) is 0. The van der Waals surface area contributed by atoms with Gasteiger partial charge in [0.15, 0.2) is 0 Å². The number of hydrogen-bond donors (Lipinski definition) is 0. The van der Waals surface area contributed by atoms with Gasteiger partial charge in [0.1, 0.15) is 11.5 Å². The van der Waals surface area contributed by atoms with E-state index in [1.165, 1.54) is 74.6 Å². The Balaban J connectivity index is 1.51. The second kappa shape index (κ2) is 7.30. The van der Waals surface area contributed by atoms with Gasteiger partial charge in [-0.05, 0) is 88.5 Å². The highest BCUT2D eigenvalue weighted by Gasteiger charge is 2.23. The maximum atomic E-state index is 5.91. The van der Waals surface area contributed by atoms with Crippen molar-refractivity contribution in [3.63, 3.8) is 0 Å². The number of hydrogen-bond acceptors (Lipinski definition) is 3. The molecule has 0 radical (unpaired) electrons. The van der Waals surface area contributed by atoms with Crippen molar-refractivity contribution in [2.45, 2.75) is 26.2 Å². The van der Waals surface area contributed by atoms with Gasteiger partial charge in [-0.15, -0.1) is 11.3 Å². The summed E-state index contributed by atoms with van der Waals surface area (Å²) >= 11 is 1.83. The molecule has 0 atom stereocenters. The van der Waals surface area contributed by atoms with Crippen molar-refractivity contribution in [1.82, 2.24) is 4.40 Å². The van der Waals surface area contributed by atoms with Crippen molar-refractivity contribution >= 4 is 80.4 Å². The standard InChI is InChI=1S/C34H27NO2S/c1-34(2,3)20-6-10-27-26(16-20)32-29(37-5)11-9-23-24-12-18-13-25-22-8-7-21(36-4)17-31(22)38-30(25)15-19(18)14-28(24)35(27)33(23)32/h6-17H,1-5H3. The third-order valence-corrected chi connectivity index (χ3v) is 9.35. The molecule has 0 saturated heterocycles. The summed E-state index contributed by atoms with van der Waals surface area (Å²) in [5.41, 5.74) is 5.12. The van der Waals surface area contributed by atoms with Crippen molar-refractivity contribution in [2.75, 3.05) is 14.2 Å². The zero-order valence-corrected chi connectivity index (χ0v) is 22.9. The predicted octanol–water partition coefficient (Wildman–Crippen LogP) is 9.67. The summed E-state index contributed by atoms with van der Waals surface area (Å²) in [6.45, 7) is 6.82. The van der Waals surface area contributed by atoms with E-state index in [-0.39, 0.29) is 5.41 Å². The van der Waals surface area contributed by atoms with E-state index < -0.39 is 0 Å². The Morgan fingerprint density at radius 2 is 1.39 bits per heavy atom. The minimum absolute atomic E-state index is 0.0747. The minimum Gasteiger partial charge on any atom is -0.497 e. The first kappa shape index (κ1) is 22.0. The normalized spacial score (nSPS) is 12.9. The van der Waals surface area contributed by atoms with Crippen LogP contribution in [0.25, 0.3) is 69.0 Å². The Kier molecular flexibility index (Phi) is 4.23. The van der Waals surface area contributed by atoms with Crippen LogP contribution in [0, 0.1) is 0 Å². The Bertz CT molecular complexity index is 2240. The molecule has 0 aliphatic heterocycles. The van der Waals surface area contributed by atoms with Gasteiger partial charge in [-0.25, -0.2) is 0 Å². The summed E-state index contributed by atoms with van der Waals surface area (Å²) in [5, 5.41) is 10.1. The summed E-state index contributed by atoms with van der Waals surface area (Å²) in [7, 11) is 3.50. The highest BCUT2D eigenvalue weighted by atomic mass is 32.1. The molecule has 8 aromatic rings. The van der Waals surface area contributed by atoms with Gasteiger partial charge in [0.2, 0.25) is 0 Å². The summed E-state index contributed by atoms with van der Waals surface area (Å²) in [6, 6.07) is 27.1. The molecule has 8 rings (SSSR count). The molecule has 0 fully saturated rings. The highest BCUT2D eigenvalue weighted by molar-refractivity contribution is 7.25. The van der Waals surface area contributed by atoms with Crippen LogP contribution in [-0.2, 0) is 5.41 Å². The zero-order valence-electron chi connectivity index (χ0n) is 22.1. The van der Waals surface area contributed by atoms with Crippen molar-refractivity contribution in [1.29, 1.82) is 0 Å². The Labute approximate surface area is 224 Å². The van der Waals surface area contributed by atoms with Gasteiger partial charge in [-0.1, -0.05) is 26.8 Å². The lowest BCUT2D eigenvalue weighted by atomic mass is 9.86. The number of ether oxygens (including phenoxy) is 2. The summed E-state index contributed by atoms with van der Waals surface area (Å²) in [5.74, 6) is 1.83. The minimum atomic E-state index is 0.0747. The molecule has 5 aromatic carbocycles. The largest absolute Gasteiger partial charge is 0.497 e. The molecule has 186 valence electrons. The van der Waals surface area contributed by atoms with Crippen molar-refractivity contribution in [3.05, 3.63) is 78.4 Å². The lowest BCUT2D eigenvalue weighted by molar-refractivity contribution is 0.415. The average molecular weight is 514 g/mol. The van der Waals surface area contributed by atoms with Gasteiger partial charge in [0.25, 0.3) is 0 Å². The molecule has 0 spiro atoms. The van der Waals surface area contributed by atoms with E-state index in [9.17, 15) is 0 Å². The maximum Gasteiger partial charge on any atom is 0.128 e. The first-order chi connectivity index (χ1) is 18.4. The molecule has 38 heavy (non-hydrogen) atoms. The van der Waals surface area contributed by atoms with Gasteiger partial charge in [-0.2, -0.15) is 0 Å². The summed E-state index contributed by atoms with van der Waals surface area (Å²) in [4.78, 5) is 0. The molecule has 3 aromatic heterocycles. The average Bonchev–Trinajstić information content (AvgIpc) is 3.55. The third kappa shape index (κ3) is 2.79. The fourth-order valence-corrected chi connectivity index (χ4v) is 7.45. The lowest BCUT2D eigenvalue weighted by Crippen LogP contribution is -2.10. The van der Waals surface area contributed by atoms with Crippen LogP contribution in [0.1, 0.15) is 26.3 Å². The molecule has 0 unspecified atom stereocenters. The SMILES string of the molecule is COc1ccc2c(c1)sc1cc3cc4c(cc3cc12)c1ccc(OC)c2c3cc(C(C)(C)C)ccc3n4c12. The first-order valence-corrected chi connectivity index (χ1v) is 13.8. The second-order valence-electron chi connectivity index (χ2n) is 11.4. The molecule has 3 nitrogen and oxygen atoms in total. The van der Waals surface area contributed by atoms with E-state index in [1.807, 2.05) is 11.3 Å². The van der Waals surface area contributed by atoms with Crippen molar-refractivity contribution in [3.8, 4) is 11.5 Å². The van der Waals surface area contributed by atoms with Crippen LogP contribution in [0.3, 0.4) is 0 Å². The molecule has 0 saturated carbocycles. The third-order valence-electron chi connectivity index (χ3n) is 8.24. The van der Waals surface area contributed by atoms with Crippen LogP contribution < -0.4 is 9.47 Å². The van der Waals surface area contributed by atoms with Gasteiger partial charge in [0, 0.05) is 36.3 Å². The van der Waals surface area contributed by atoms with Gasteiger partial charge < -0.3 is 13.9 Å². The van der Waals surface area contributed by atoms with E-state index >= 15 is 0 Å². The maximum absolute atomic E-state index is 5.91. The van der Waals surface area contributed by atoms with E-state index in [2.05, 4.69) is 98.0 Å². The van der Waals surface area contributed by atoms with E-state index in [0.29, 0.717) is 0 Å². The quantitative estimate of drug-likeness (QED) is 0.230. The molecule has 0 aliphatic rings. The molecule has 4 heteroatoms. The van der Waals surface area contributed by atoms with Crippen LogP contribution in [0.2, 0.25) is 0 Å². The van der Waals surface area contributed by atoms with Crippen LogP contribution in [-0.4, -0.2) is 18.6 Å². The van der Waals surface area contributed by atoms with Gasteiger partial charge >= 0.3 is 0 Å². The monoisotopic (exact) mass is 513 g/mol. The lowest BCUT2D eigenvalue weighted by Gasteiger charge is -2.19. The molecule has 0 aliphatic carbocycles. The van der Waals surface area contributed by atoms with Crippen molar-refractivity contribution in [2.24, 2.45) is 0 Å². The second-order valence-corrected chi connectivity index (χ2v) is 12.5. The predicted molar refractivity (Wildman–Crippen MR) is 163 cm³/mol. The van der Waals surface area contributed by atoms with E-state index in [4.69, 9.17) is 9.47 Å². The Morgan fingerprint density at radius 3 is 2.18 bits per heavy atom.